The summed E-state index contributed by atoms with van der Waals surface area (Å²) in [4.78, 5) is 17.7. The van der Waals surface area contributed by atoms with Crippen LogP contribution in [0.2, 0.25) is 0 Å². The highest BCUT2D eigenvalue weighted by atomic mass is 32.1. The maximum Gasteiger partial charge on any atom is 0.208 e. The Labute approximate surface area is 184 Å². The zero-order valence-electron chi connectivity index (χ0n) is 19.0. The number of likely N-dealkylation sites (tertiary alicyclic amines) is 1. The van der Waals surface area contributed by atoms with Gasteiger partial charge >= 0.3 is 0 Å². The van der Waals surface area contributed by atoms with Crippen LogP contribution in [0.1, 0.15) is 52.7 Å². The summed E-state index contributed by atoms with van der Waals surface area (Å²) in [5.41, 5.74) is 2.15. The van der Waals surface area contributed by atoms with Gasteiger partial charge in [0.1, 0.15) is 5.76 Å². The number of nitrogens with zero attached hydrogens (tertiary/aromatic N) is 4. The molecule has 2 aromatic rings. The third-order valence-corrected chi connectivity index (χ3v) is 6.83. The Morgan fingerprint density at radius 1 is 1.13 bits per heavy atom. The van der Waals surface area contributed by atoms with Crippen molar-refractivity contribution in [1.29, 1.82) is 0 Å². The highest BCUT2D eigenvalue weighted by Crippen LogP contribution is 2.20. The Hall–Kier alpha value is -1.93. The Morgan fingerprint density at radius 2 is 1.90 bits per heavy atom. The van der Waals surface area contributed by atoms with Gasteiger partial charge in [0.15, 0.2) is 5.96 Å². The molecule has 0 atom stereocenters. The van der Waals surface area contributed by atoms with Gasteiger partial charge in [0, 0.05) is 30.9 Å². The fourth-order valence-electron chi connectivity index (χ4n) is 3.62. The van der Waals surface area contributed by atoms with Crippen LogP contribution in [0.5, 0.6) is 0 Å². The van der Waals surface area contributed by atoms with E-state index in [-0.39, 0.29) is 0 Å². The van der Waals surface area contributed by atoms with Crippen LogP contribution >= 0.6 is 11.3 Å². The molecule has 1 fully saturated rings. The van der Waals surface area contributed by atoms with Crippen LogP contribution < -0.4 is 10.6 Å². The standard InChI is InChI=1S/C22H36N6OS/c1-6-23-22(24-10-7-21-27-16(3)18(5)30-21)25-13-19-8-11-28(12-9-19)14-20-26-15(2)17(4)29-20/h19H,6-14H2,1-5H3,(H2,23,24,25). The number of hydrogen-bond acceptors (Lipinski definition) is 6. The second kappa shape index (κ2) is 10.9. The van der Waals surface area contributed by atoms with Crippen LogP contribution in [0.4, 0.5) is 0 Å². The zero-order valence-corrected chi connectivity index (χ0v) is 19.9. The van der Waals surface area contributed by atoms with E-state index in [0.29, 0.717) is 5.92 Å². The number of guanidine groups is 1. The van der Waals surface area contributed by atoms with Gasteiger partial charge in [-0.25, -0.2) is 9.97 Å². The molecule has 0 saturated carbocycles. The molecule has 8 heteroatoms. The molecule has 30 heavy (non-hydrogen) atoms. The number of oxazole rings is 1. The molecule has 1 saturated heterocycles. The Morgan fingerprint density at radius 3 is 2.50 bits per heavy atom. The number of piperidine rings is 1. The van der Waals surface area contributed by atoms with E-state index >= 15 is 0 Å². The predicted octanol–water partition coefficient (Wildman–Crippen LogP) is 3.37. The van der Waals surface area contributed by atoms with Gasteiger partial charge < -0.3 is 15.1 Å². The molecule has 0 amide bonds. The topological polar surface area (TPSA) is 78.6 Å². The van der Waals surface area contributed by atoms with E-state index in [4.69, 9.17) is 9.41 Å². The molecule has 1 aliphatic rings. The van der Waals surface area contributed by atoms with Crippen molar-refractivity contribution in [2.75, 3.05) is 32.7 Å². The van der Waals surface area contributed by atoms with E-state index in [1.807, 2.05) is 13.8 Å². The number of thiazole rings is 1. The monoisotopic (exact) mass is 432 g/mol. The Bertz CT molecular complexity index is 796. The van der Waals surface area contributed by atoms with E-state index in [1.54, 1.807) is 11.3 Å². The fraction of sp³-hybridized carbons (Fsp3) is 0.682. The molecule has 7 nitrogen and oxygen atoms in total. The summed E-state index contributed by atoms with van der Waals surface area (Å²) >= 11 is 1.79. The molecule has 1 aliphatic heterocycles. The van der Waals surface area contributed by atoms with Crippen LogP contribution in [-0.2, 0) is 13.0 Å². The van der Waals surface area contributed by atoms with Gasteiger partial charge in [-0.3, -0.25) is 9.89 Å². The minimum atomic E-state index is 0.633. The summed E-state index contributed by atoms with van der Waals surface area (Å²) < 4.78 is 5.73. The first-order valence-electron chi connectivity index (χ1n) is 11.0. The lowest BCUT2D eigenvalue weighted by atomic mass is 9.97. The van der Waals surface area contributed by atoms with Gasteiger partial charge in [-0.15, -0.1) is 11.3 Å². The Balaban J connectivity index is 1.41. The molecule has 0 bridgehead atoms. The number of nitrogens with one attached hydrogen (secondary N) is 2. The molecule has 0 radical (unpaired) electrons. The van der Waals surface area contributed by atoms with Crippen LogP contribution in [-0.4, -0.2) is 53.6 Å². The molecule has 2 aromatic heterocycles. The second-order valence-electron chi connectivity index (χ2n) is 8.11. The summed E-state index contributed by atoms with van der Waals surface area (Å²) in [6, 6.07) is 0. The number of rotatable bonds is 8. The summed E-state index contributed by atoms with van der Waals surface area (Å²) in [6.45, 7) is 15.9. The smallest absolute Gasteiger partial charge is 0.208 e. The molecular weight excluding hydrogens is 396 g/mol. The fourth-order valence-corrected chi connectivity index (χ4v) is 4.55. The lowest BCUT2D eigenvalue weighted by molar-refractivity contribution is 0.166. The number of aromatic nitrogens is 2. The van der Waals surface area contributed by atoms with Crippen molar-refractivity contribution in [3.05, 3.63) is 32.9 Å². The summed E-state index contributed by atoms with van der Waals surface area (Å²) in [5.74, 6) is 3.31. The van der Waals surface area contributed by atoms with Gasteiger partial charge in [0.05, 0.1) is 22.9 Å². The van der Waals surface area contributed by atoms with Gasteiger partial charge in [-0.2, -0.15) is 0 Å². The molecule has 0 aromatic carbocycles. The number of aryl methyl sites for hydroxylation is 4. The van der Waals surface area contributed by atoms with Crippen LogP contribution in [0.25, 0.3) is 0 Å². The molecule has 166 valence electrons. The van der Waals surface area contributed by atoms with E-state index in [2.05, 4.69) is 46.3 Å². The lowest BCUT2D eigenvalue weighted by Gasteiger charge is -2.30. The maximum absolute atomic E-state index is 5.73. The average Bonchev–Trinajstić information content (AvgIpc) is 3.21. The third kappa shape index (κ3) is 6.54. The molecule has 3 rings (SSSR count). The second-order valence-corrected chi connectivity index (χ2v) is 9.40. The first kappa shape index (κ1) is 22.7. The van der Waals surface area contributed by atoms with Crippen molar-refractivity contribution in [2.45, 2.75) is 60.4 Å². The van der Waals surface area contributed by atoms with Crippen molar-refractivity contribution in [3.8, 4) is 0 Å². The SMILES string of the molecule is CCNC(=NCC1CCN(Cc2nc(C)c(C)o2)CC1)NCCc1nc(C)c(C)s1. The van der Waals surface area contributed by atoms with Gasteiger partial charge in [-0.1, -0.05) is 0 Å². The van der Waals surface area contributed by atoms with Crippen LogP contribution in [0.3, 0.4) is 0 Å². The molecular formula is C22H36N6OS. The summed E-state index contributed by atoms with van der Waals surface area (Å²) in [7, 11) is 0. The van der Waals surface area contributed by atoms with Gasteiger partial charge in [0.2, 0.25) is 5.89 Å². The summed E-state index contributed by atoms with van der Waals surface area (Å²) in [5, 5.41) is 8.02. The minimum Gasteiger partial charge on any atom is -0.444 e. The van der Waals surface area contributed by atoms with Crippen molar-refractivity contribution >= 4 is 17.3 Å². The van der Waals surface area contributed by atoms with E-state index < -0.39 is 0 Å². The van der Waals surface area contributed by atoms with Crippen molar-refractivity contribution in [1.82, 2.24) is 25.5 Å². The molecule has 3 heterocycles. The minimum absolute atomic E-state index is 0.633. The molecule has 2 N–H and O–H groups in total. The lowest BCUT2D eigenvalue weighted by Crippen LogP contribution is -2.39. The highest BCUT2D eigenvalue weighted by Gasteiger charge is 2.21. The molecule has 0 unspecified atom stereocenters. The Kier molecular flexibility index (Phi) is 8.27. The van der Waals surface area contributed by atoms with Crippen molar-refractivity contribution in [3.63, 3.8) is 0 Å². The van der Waals surface area contributed by atoms with E-state index in [1.165, 1.54) is 22.7 Å². The first-order chi connectivity index (χ1) is 14.4. The normalized spacial score (nSPS) is 16.2. The largest absolute Gasteiger partial charge is 0.444 e. The molecule has 0 aliphatic carbocycles. The third-order valence-electron chi connectivity index (χ3n) is 5.69. The van der Waals surface area contributed by atoms with Crippen LogP contribution in [0, 0.1) is 33.6 Å². The highest BCUT2D eigenvalue weighted by molar-refractivity contribution is 7.11. The van der Waals surface area contributed by atoms with Gasteiger partial charge in [0.25, 0.3) is 0 Å². The zero-order chi connectivity index (χ0) is 21.5. The first-order valence-corrected chi connectivity index (χ1v) is 11.9. The van der Waals surface area contributed by atoms with Crippen molar-refractivity contribution in [2.24, 2.45) is 10.9 Å². The maximum atomic E-state index is 5.73. The quantitative estimate of drug-likeness (QED) is 0.492. The molecule has 0 spiro atoms. The average molecular weight is 433 g/mol. The summed E-state index contributed by atoms with van der Waals surface area (Å²) in [6.07, 6.45) is 3.26. The predicted molar refractivity (Wildman–Crippen MR) is 123 cm³/mol. The number of aliphatic imine (C=N–C) groups is 1. The van der Waals surface area contributed by atoms with Gasteiger partial charge in [-0.05, 0) is 66.5 Å². The van der Waals surface area contributed by atoms with Crippen molar-refractivity contribution < 1.29 is 4.42 Å². The van der Waals surface area contributed by atoms with E-state index in [9.17, 15) is 0 Å². The number of hydrogen-bond donors (Lipinski definition) is 2. The van der Waals surface area contributed by atoms with E-state index in [0.717, 1.165) is 74.7 Å². The van der Waals surface area contributed by atoms with Crippen LogP contribution in [0.15, 0.2) is 9.41 Å².